The molecule has 1 rings (SSSR count). The Balaban J connectivity index is 2.20. The van der Waals surface area contributed by atoms with Crippen LogP contribution in [0.1, 0.15) is 39.0 Å². The van der Waals surface area contributed by atoms with Crippen molar-refractivity contribution < 1.29 is 9.47 Å². The van der Waals surface area contributed by atoms with Crippen LogP contribution in [0.25, 0.3) is 0 Å². The van der Waals surface area contributed by atoms with E-state index in [4.69, 9.17) is 9.47 Å². The monoisotopic (exact) mass is 314 g/mol. The number of ether oxygens (including phenoxy) is 2. The van der Waals surface area contributed by atoms with Crippen LogP contribution in [0.2, 0.25) is 0 Å². The highest BCUT2D eigenvalue weighted by Gasteiger charge is 1.96. The van der Waals surface area contributed by atoms with E-state index in [1.54, 1.807) is 0 Å². The first-order valence-corrected chi connectivity index (χ1v) is 7.90. The summed E-state index contributed by atoms with van der Waals surface area (Å²) in [5, 5.41) is 1.04. The van der Waals surface area contributed by atoms with E-state index in [-0.39, 0.29) is 0 Å². The minimum Gasteiger partial charge on any atom is -0.494 e. The van der Waals surface area contributed by atoms with Gasteiger partial charge in [0.15, 0.2) is 0 Å². The van der Waals surface area contributed by atoms with Crippen LogP contribution in [0.4, 0.5) is 0 Å². The van der Waals surface area contributed by atoms with Crippen molar-refractivity contribution in [2.45, 2.75) is 39.0 Å². The lowest BCUT2D eigenvalue weighted by Crippen LogP contribution is -1.99. The smallest absolute Gasteiger partial charge is 0.119 e. The summed E-state index contributed by atoms with van der Waals surface area (Å²) in [5.41, 5.74) is 0. The number of alkyl halides is 1. The molecule has 0 aromatic heterocycles. The molecule has 0 amide bonds. The second kappa shape index (κ2) is 10.2. The number of rotatable bonds is 10. The van der Waals surface area contributed by atoms with E-state index in [2.05, 4.69) is 22.9 Å². The quantitative estimate of drug-likeness (QED) is 0.456. The third-order valence-corrected chi connectivity index (χ3v) is 3.20. The van der Waals surface area contributed by atoms with Gasteiger partial charge in [-0.05, 0) is 43.5 Å². The number of unbranched alkanes of at least 4 members (excludes halogenated alkanes) is 3. The van der Waals surface area contributed by atoms with Crippen LogP contribution in [0.15, 0.2) is 24.3 Å². The Kier molecular flexibility index (Phi) is 8.74. The van der Waals surface area contributed by atoms with Gasteiger partial charge in [0.25, 0.3) is 0 Å². The number of halogens is 1. The summed E-state index contributed by atoms with van der Waals surface area (Å²) >= 11 is 3.41. The molecule has 18 heavy (non-hydrogen) atoms. The fourth-order valence-corrected chi connectivity index (χ4v) is 1.96. The maximum absolute atomic E-state index is 5.64. The van der Waals surface area contributed by atoms with E-state index in [1.165, 1.54) is 12.8 Å². The van der Waals surface area contributed by atoms with Crippen LogP contribution in [-0.2, 0) is 0 Å². The topological polar surface area (TPSA) is 18.5 Å². The number of hydrogen-bond acceptors (Lipinski definition) is 2. The molecule has 102 valence electrons. The lowest BCUT2D eigenvalue weighted by Gasteiger charge is -2.08. The molecule has 0 bridgehead atoms. The normalized spacial score (nSPS) is 10.3. The van der Waals surface area contributed by atoms with Gasteiger partial charge < -0.3 is 9.47 Å². The fraction of sp³-hybridized carbons (Fsp3) is 0.600. The molecule has 0 fully saturated rings. The molecule has 0 atom stereocenters. The molecule has 0 aliphatic rings. The molecule has 0 aliphatic carbocycles. The zero-order valence-corrected chi connectivity index (χ0v) is 12.7. The van der Waals surface area contributed by atoms with E-state index in [9.17, 15) is 0 Å². The predicted octanol–water partition coefficient (Wildman–Crippen LogP) is 4.81. The molecule has 1 aromatic rings. The first-order chi connectivity index (χ1) is 8.86. The third-order valence-electron chi connectivity index (χ3n) is 2.64. The Hall–Kier alpha value is -0.700. The van der Waals surface area contributed by atoms with Crippen LogP contribution in [0.3, 0.4) is 0 Å². The molecule has 0 unspecified atom stereocenters. The molecule has 1 aromatic carbocycles. The van der Waals surface area contributed by atoms with Gasteiger partial charge in [0.1, 0.15) is 11.5 Å². The molecule has 0 aliphatic heterocycles. The molecule has 0 spiro atoms. The van der Waals surface area contributed by atoms with Crippen molar-refractivity contribution in [2.75, 3.05) is 18.5 Å². The molecule has 0 saturated carbocycles. The molecular formula is C15H23BrO2. The van der Waals surface area contributed by atoms with Crippen molar-refractivity contribution in [3.8, 4) is 11.5 Å². The Morgan fingerprint density at radius 2 is 1.33 bits per heavy atom. The maximum atomic E-state index is 5.64. The molecule has 2 nitrogen and oxygen atoms in total. The molecular weight excluding hydrogens is 292 g/mol. The Morgan fingerprint density at radius 3 is 1.78 bits per heavy atom. The molecule has 0 heterocycles. The molecule has 3 heteroatoms. The largest absolute Gasteiger partial charge is 0.494 e. The standard InChI is InChI=1S/C15H23BrO2/c1-2-3-5-12-17-14-7-9-15(10-8-14)18-13-6-4-11-16/h7-10H,2-6,11-13H2,1H3. The SMILES string of the molecule is CCCCCOc1ccc(OCCCCBr)cc1. The minimum absolute atomic E-state index is 0.780. The van der Waals surface area contributed by atoms with Gasteiger partial charge >= 0.3 is 0 Å². The van der Waals surface area contributed by atoms with Crippen LogP contribution >= 0.6 is 15.9 Å². The zero-order chi connectivity index (χ0) is 13.1. The maximum Gasteiger partial charge on any atom is 0.119 e. The van der Waals surface area contributed by atoms with Crippen LogP contribution < -0.4 is 9.47 Å². The Bertz CT molecular complexity index is 267. The van der Waals surface area contributed by atoms with Crippen molar-refractivity contribution in [1.82, 2.24) is 0 Å². The Morgan fingerprint density at radius 1 is 0.833 bits per heavy atom. The van der Waals surface area contributed by atoms with Crippen LogP contribution in [0, 0.1) is 0 Å². The second-order valence-corrected chi connectivity index (χ2v) is 5.06. The molecule has 0 N–H and O–H groups in total. The third kappa shape index (κ3) is 6.90. The summed E-state index contributed by atoms with van der Waals surface area (Å²) in [6.45, 7) is 3.78. The van der Waals surface area contributed by atoms with E-state index >= 15 is 0 Å². The highest BCUT2D eigenvalue weighted by molar-refractivity contribution is 9.09. The molecule has 0 saturated heterocycles. The van der Waals surface area contributed by atoms with Crippen molar-refractivity contribution in [3.05, 3.63) is 24.3 Å². The van der Waals surface area contributed by atoms with E-state index in [0.29, 0.717) is 0 Å². The minimum atomic E-state index is 0.780. The predicted molar refractivity (Wildman–Crippen MR) is 80.0 cm³/mol. The fourth-order valence-electron chi connectivity index (χ4n) is 1.56. The van der Waals surface area contributed by atoms with E-state index < -0.39 is 0 Å². The molecule has 0 radical (unpaired) electrons. The average Bonchev–Trinajstić information content (AvgIpc) is 2.41. The zero-order valence-electron chi connectivity index (χ0n) is 11.2. The van der Waals surface area contributed by atoms with Gasteiger partial charge in [0.05, 0.1) is 13.2 Å². The van der Waals surface area contributed by atoms with Gasteiger partial charge in [0.2, 0.25) is 0 Å². The van der Waals surface area contributed by atoms with Gasteiger partial charge in [-0.2, -0.15) is 0 Å². The van der Waals surface area contributed by atoms with E-state index in [0.717, 1.165) is 49.3 Å². The lowest BCUT2D eigenvalue weighted by atomic mass is 10.3. The summed E-state index contributed by atoms with van der Waals surface area (Å²) in [7, 11) is 0. The first-order valence-electron chi connectivity index (χ1n) is 6.78. The lowest BCUT2D eigenvalue weighted by molar-refractivity contribution is 0.299. The van der Waals surface area contributed by atoms with Gasteiger partial charge in [-0.15, -0.1) is 0 Å². The first kappa shape index (κ1) is 15.4. The van der Waals surface area contributed by atoms with Gasteiger partial charge in [-0.25, -0.2) is 0 Å². The van der Waals surface area contributed by atoms with Crippen molar-refractivity contribution in [3.63, 3.8) is 0 Å². The van der Waals surface area contributed by atoms with Crippen LogP contribution in [0.5, 0.6) is 11.5 Å². The summed E-state index contributed by atoms with van der Waals surface area (Å²) in [5.74, 6) is 1.85. The van der Waals surface area contributed by atoms with Crippen molar-refractivity contribution in [2.24, 2.45) is 0 Å². The Labute approximate surface area is 119 Å². The highest BCUT2D eigenvalue weighted by Crippen LogP contribution is 2.18. The second-order valence-electron chi connectivity index (χ2n) is 4.27. The highest BCUT2D eigenvalue weighted by atomic mass is 79.9. The number of hydrogen-bond donors (Lipinski definition) is 0. The average molecular weight is 315 g/mol. The van der Waals surface area contributed by atoms with Crippen molar-refractivity contribution >= 4 is 15.9 Å². The van der Waals surface area contributed by atoms with Crippen LogP contribution in [-0.4, -0.2) is 18.5 Å². The summed E-state index contributed by atoms with van der Waals surface area (Å²) in [6.07, 6.45) is 5.82. The summed E-state index contributed by atoms with van der Waals surface area (Å²) < 4.78 is 11.3. The van der Waals surface area contributed by atoms with E-state index in [1.807, 2.05) is 24.3 Å². The van der Waals surface area contributed by atoms with Gasteiger partial charge in [0, 0.05) is 5.33 Å². The number of benzene rings is 1. The van der Waals surface area contributed by atoms with Gasteiger partial charge in [-0.3, -0.25) is 0 Å². The van der Waals surface area contributed by atoms with Gasteiger partial charge in [-0.1, -0.05) is 35.7 Å². The summed E-state index contributed by atoms with van der Waals surface area (Å²) in [4.78, 5) is 0. The summed E-state index contributed by atoms with van der Waals surface area (Å²) in [6, 6.07) is 7.91. The van der Waals surface area contributed by atoms with Crippen molar-refractivity contribution in [1.29, 1.82) is 0 Å².